The van der Waals surface area contributed by atoms with Gasteiger partial charge >= 0.3 is 5.97 Å². The first-order valence-corrected chi connectivity index (χ1v) is 5.24. The molecule has 0 saturated heterocycles. The van der Waals surface area contributed by atoms with Crippen LogP contribution < -0.4 is 5.32 Å². The van der Waals surface area contributed by atoms with Crippen molar-refractivity contribution in [3.8, 4) is 0 Å². The van der Waals surface area contributed by atoms with Crippen molar-refractivity contribution >= 4 is 17.6 Å². The van der Waals surface area contributed by atoms with Crippen molar-refractivity contribution in [3.63, 3.8) is 0 Å². The lowest BCUT2D eigenvalue weighted by Gasteiger charge is -2.09. The lowest BCUT2D eigenvalue weighted by atomic mass is 10.1. The van der Waals surface area contributed by atoms with Crippen molar-refractivity contribution in [2.24, 2.45) is 0 Å². The molecule has 90 valence electrons. The Morgan fingerprint density at radius 1 is 1.35 bits per heavy atom. The predicted molar refractivity (Wildman–Crippen MR) is 66.2 cm³/mol. The number of hydrogen-bond donors (Lipinski definition) is 2. The third-order valence-corrected chi connectivity index (χ3v) is 2.52. The lowest BCUT2D eigenvalue weighted by Crippen LogP contribution is -2.14. The number of nitrogens with one attached hydrogen (secondary N) is 1. The minimum atomic E-state index is -1.01. The maximum atomic E-state index is 11.7. The lowest BCUT2D eigenvalue weighted by molar-refractivity contribution is -0.112. The fourth-order valence-electron chi connectivity index (χ4n) is 1.24. The molecule has 0 aromatic heterocycles. The Balaban J connectivity index is 3.02. The molecule has 2 N–H and O–H groups in total. The Morgan fingerprint density at radius 3 is 2.53 bits per heavy atom. The molecule has 0 unspecified atom stereocenters. The summed E-state index contributed by atoms with van der Waals surface area (Å²) in [5.74, 6) is -1.23. The van der Waals surface area contributed by atoms with E-state index in [-0.39, 0.29) is 11.5 Å². The van der Waals surface area contributed by atoms with Crippen LogP contribution in [0.1, 0.15) is 29.8 Å². The summed E-state index contributed by atoms with van der Waals surface area (Å²) in [5, 5.41) is 11.6. The van der Waals surface area contributed by atoms with E-state index >= 15 is 0 Å². The van der Waals surface area contributed by atoms with Crippen molar-refractivity contribution in [2.75, 3.05) is 5.32 Å². The van der Waals surface area contributed by atoms with Gasteiger partial charge in [0.2, 0.25) is 0 Å². The average molecular weight is 233 g/mol. The molecule has 0 aliphatic carbocycles. The monoisotopic (exact) mass is 233 g/mol. The van der Waals surface area contributed by atoms with Crippen molar-refractivity contribution < 1.29 is 14.7 Å². The van der Waals surface area contributed by atoms with Gasteiger partial charge in [-0.15, -0.1) is 0 Å². The van der Waals surface area contributed by atoms with Gasteiger partial charge in [0.1, 0.15) is 0 Å². The number of amides is 1. The summed E-state index contributed by atoms with van der Waals surface area (Å²) in [6, 6.07) is 4.64. The summed E-state index contributed by atoms with van der Waals surface area (Å²) < 4.78 is 0. The van der Waals surface area contributed by atoms with Crippen LogP contribution >= 0.6 is 0 Å². The summed E-state index contributed by atoms with van der Waals surface area (Å²) in [5.41, 5.74) is 2.09. The Labute approximate surface area is 100.0 Å². The average Bonchev–Trinajstić information content (AvgIpc) is 2.30. The van der Waals surface area contributed by atoms with Crippen molar-refractivity contribution in [1.82, 2.24) is 0 Å². The molecular weight excluding hydrogens is 218 g/mol. The molecule has 0 saturated carbocycles. The number of benzene rings is 1. The molecule has 0 aliphatic rings. The van der Waals surface area contributed by atoms with Crippen LogP contribution in [0.2, 0.25) is 0 Å². The molecular formula is C13H15NO3. The smallest absolute Gasteiger partial charge is 0.335 e. The number of allylic oxidation sites excluding steroid dienone is 1. The molecule has 0 spiro atoms. The van der Waals surface area contributed by atoms with Gasteiger partial charge in [0.25, 0.3) is 5.91 Å². The number of hydrogen-bond acceptors (Lipinski definition) is 2. The van der Waals surface area contributed by atoms with Gasteiger partial charge in [-0.3, -0.25) is 4.79 Å². The molecule has 1 aromatic rings. The Bertz CT molecular complexity index is 489. The highest BCUT2D eigenvalue weighted by molar-refractivity contribution is 6.04. The minimum absolute atomic E-state index is 0.157. The third-order valence-electron chi connectivity index (χ3n) is 2.52. The zero-order valence-corrected chi connectivity index (χ0v) is 10.1. The topological polar surface area (TPSA) is 66.4 Å². The highest BCUT2D eigenvalue weighted by Crippen LogP contribution is 2.17. The number of carbonyl (C=O) groups is 2. The summed E-state index contributed by atoms with van der Waals surface area (Å²) in [6.07, 6.45) is 1.70. The van der Waals surface area contributed by atoms with Gasteiger partial charge in [0.05, 0.1) is 5.56 Å². The van der Waals surface area contributed by atoms with Crippen LogP contribution in [0.5, 0.6) is 0 Å². The minimum Gasteiger partial charge on any atom is -0.478 e. The second-order valence-electron chi connectivity index (χ2n) is 3.76. The molecule has 4 heteroatoms. The normalized spacial score (nSPS) is 11.1. The van der Waals surface area contributed by atoms with Crippen molar-refractivity contribution in [3.05, 3.63) is 41.0 Å². The van der Waals surface area contributed by atoms with Crippen LogP contribution in [-0.4, -0.2) is 17.0 Å². The number of aryl methyl sites for hydroxylation is 1. The Morgan fingerprint density at radius 2 is 2.00 bits per heavy atom. The molecule has 0 radical (unpaired) electrons. The van der Waals surface area contributed by atoms with E-state index in [4.69, 9.17) is 5.11 Å². The first-order valence-electron chi connectivity index (χ1n) is 5.24. The van der Waals surface area contributed by atoms with Crippen LogP contribution in [0.25, 0.3) is 0 Å². The number of aromatic carboxylic acids is 1. The highest BCUT2D eigenvalue weighted by atomic mass is 16.4. The largest absolute Gasteiger partial charge is 0.478 e. The molecule has 0 fully saturated rings. The Hall–Kier alpha value is -2.10. The van der Waals surface area contributed by atoms with Gasteiger partial charge in [0.15, 0.2) is 0 Å². The van der Waals surface area contributed by atoms with Gasteiger partial charge in [-0.25, -0.2) is 4.79 Å². The second-order valence-corrected chi connectivity index (χ2v) is 3.76. The van der Waals surface area contributed by atoms with E-state index in [9.17, 15) is 9.59 Å². The first kappa shape index (κ1) is 13.0. The first-order chi connectivity index (χ1) is 7.95. The molecule has 0 aliphatic heterocycles. The molecule has 1 amide bonds. The van der Waals surface area contributed by atoms with Gasteiger partial charge in [-0.05, 0) is 38.5 Å². The fourth-order valence-corrected chi connectivity index (χ4v) is 1.24. The van der Waals surface area contributed by atoms with Crippen LogP contribution in [0.3, 0.4) is 0 Å². The molecule has 1 aromatic carbocycles. The van der Waals surface area contributed by atoms with Gasteiger partial charge in [-0.1, -0.05) is 12.1 Å². The number of carboxylic acids is 1. The van der Waals surface area contributed by atoms with Crippen molar-refractivity contribution in [1.29, 1.82) is 0 Å². The summed E-state index contributed by atoms with van der Waals surface area (Å²) >= 11 is 0. The zero-order valence-electron chi connectivity index (χ0n) is 10.1. The van der Waals surface area contributed by atoms with Crippen LogP contribution in [0.15, 0.2) is 29.8 Å². The van der Waals surface area contributed by atoms with Gasteiger partial charge in [-0.2, -0.15) is 0 Å². The van der Waals surface area contributed by atoms with E-state index in [1.165, 1.54) is 12.1 Å². The fraction of sp³-hybridized carbons (Fsp3) is 0.231. The summed E-state index contributed by atoms with van der Waals surface area (Å²) in [6.45, 7) is 5.29. The van der Waals surface area contributed by atoms with Gasteiger partial charge in [0, 0.05) is 11.3 Å². The SMILES string of the molecule is C/C=C(\C)C(=O)Nc1cc(C(=O)O)ccc1C. The van der Waals surface area contributed by atoms with E-state index < -0.39 is 5.97 Å². The van der Waals surface area contributed by atoms with E-state index in [0.29, 0.717) is 11.3 Å². The maximum Gasteiger partial charge on any atom is 0.335 e. The standard InChI is InChI=1S/C13H15NO3/c1-4-8(2)12(15)14-11-7-10(13(16)17)6-5-9(11)3/h4-7H,1-3H3,(H,14,15)(H,16,17)/b8-4+. The maximum absolute atomic E-state index is 11.7. The molecule has 4 nitrogen and oxygen atoms in total. The third kappa shape index (κ3) is 3.17. The van der Waals surface area contributed by atoms with Crippen LogP contribution in [-0.2, 0) is 4.79 Å². The molecule has 17 heavy (non-hydrogen) atoms. The summed E-state index contributed by atoms with van der Waals surface area (Å²) in [7, 11) is 0. The summed E-state index contributed by atoms with van der Waals surface area (Å²) in [4.78, 5) is 22.5. The van der Waals surface area contributed by atoms with Gasteiger partial charge < -0.3 is 10.4 Å². The quantitative estimate of drug-likeness (QED) is 0.788. The van der Waals surface area contributed by atoms with E-state index in [1.807, 2.05) is 6.92 Å². The molecule has 1 rings (SSSR count). The number of rotatable bonds is 3. The zero-order chi connectivity index (χ0) is 13.0. The van der Waals surface area contributed by atoms with Crippen LogP contribution in [0.4, 0.5) is 5.69 Å². The number of anilines is 1. The second kappa shape index (κ2) is 5.30. The van der Waals surface area contributed by atoms with Crippen molar-refractivity contribution in [2.45, 2.75) is 20.8 Å². The predicted octanol–water partition coefficient (Wildman–Crippen LogP) is 2.60. The van der Waals surface area contributed by atoms with Crippen LogP contribution in [0, 0.1) is 6.92 Å². The van der Waals surface area contributed by atoms with E-state index in [1.54, 1.807) is 26.0 Å². The number of carbonyl (C=O) groups excluding carboxylic acids is 1. The molecule has 0 atom stereocenters. The van der Waals surface area contributed by atoms with E-state index in [2.05, 4.69) is 5.32 Å². The Kier molecular flexibility index (Phi) is 4.04. The molecule has 0 heterocycles. The number of carboxylic acid groups (broad SMARTS) is 1. The molecule has 0 bridgehead atoms. The van der Waals surface area contributed by atoms with E-state index in [0.717, 1.165) is 5.56 Å². The highest BCUT2D eigenvalue weighted by Gasteiger charge is 2.09.